The average molecular weight is 332 g/mol. The summed E-state index contributed by atoms with van der Waals surface area (Å²) in [6, 6.07) is 3.70. The molecule has 0 spiro atoms. The van der Waals surface area contributed by atoms with E-state index in [-0.39, 0.29) is 11.8 Å². The van der Waals surface area contributed by atoms with Gasteiger partial charge in [-0.1, -0.05) is 0 Å². The molecule has 0 bridgehead atoms. The molecule has 2 amide bonds. The number of likely N-dealkylation sites (N-methyl/N-ethyl adjacent to an activating group) is 1. The number of hydrogen-bond acceptors (Lipinski definition) is 4. The Balaban J connectivity index is 1.91. The van der Waals surface area contributed by atoms with Crippen LogP contribution in [0.2, 0.25) is 0 Å². The van der Waals surface area contributed by atoms with Crippen molar-refractivity contribution >= 4 is 23.2 Å². The second kappa shape index (κ2) is 6.16. The van der Waals surface area contributed by atoms with Crippen molar-refractivity contribution in [2.75, 3.05) is 20.1 Å². The predicted molar refractivity (Wildman–Crippen MR) is 88.5 cm³/mol. The van der Waals surface area contributed by atoms with Gasteiger partial charge in [0.2, 0.25) is 5.91 Å². The Hall–Kier alpha value is -2.15. The third-order valence-electron chi connectivity index (χ3n) is 4.29. The van der Waals surface area contributed by atoms with Gasteiger partial charge in [-0.05, 0) is 42.8 Å². The van der Waals surface area contributed by atoms with Gasteiger partial charge in [-0.15, -0.1) is 11.3 Å². The zero-order chi connectivity index (χ0) is 16.4. The maximum absolute atomic E-state index is 12.8. The van der Waals surface area contributed by atoms with E-state index in [4.69, 9.17) is 0 Å². The standard InChI is InChI=1S/C16H20N4O2S/c1-12-9-13(23-10-12)14(21)19-7-3-5-16(11-19,15(22)17-2)20-8-4-6-18-20/h4,6,8-10H,3,5,7,11H2,1-2H3,(H,17,22). The van der Waals surface area contributed by atoms with Gasteiger partial charge in [0, 0.05) is 26.0 Å². The molecular formula is C16H20N4O2S. The van der Waals surface area contributed by atoms with Crippen LogP contribution in [0.3, 0.4) is 0 Å². The van der Waals surface area contributed by atoms with E-state index in [1.54, 1.807) is 35.1 Å². The number of thiophene rings is 1. The van der Waals surface area contributed by atoms with E-state index in [0.717, 1.165) is 16.9 Å². The Kier molecular flexibility index (Phi) is 4.21. The predicted octanol–water partition coefficient (Wildman–Crippen LogP) is 1.63. The number of nitrogens with one attached hydrogen (secondary N) is 1. The summed E-state index contributed by atoms with van der Waals surface area (Å²) < 4.78 is 1.69. The fourth-order valence-electron chi connectivity index (χ4n) is 3.14. The largest absolute Gasteiger partial charge is 0.357 e. The van der Waals surface area contributed by atoms with Crippen LogP contribution in [0.4, 0.5) is 0 Å². The molecule has 1 aliphatic rings. The summed E-state index contributed by atoms with van der Waals surface area (Å²) in [5, 5.41) is 8.97. The molecule has 3 heterocycles. The normalized spacial score (nSPS) is 21.2. The first-order chi connectivity index (χ1) is 11.1. The molecule has 1 fully saturated rings. The molecule has 3 rings (SSSR count). The minimum atomic E-state index is -0.835. The van der Waals surface area contributed by atoms with Crippen molar-refractivity contribution in [2.45, 2.75) is 25.3 Å². The molecule has 0 aliphatic carbocycles. The summed E-state index contributed by atoms with van der Waals surface area (Å²) in [5.74, 6) is -0.121. The van der Waals surface area contributed by atoms with E-state index < -0.39 is 5.54 Å². The maximum Gasteiger partial charge on any atom is 0.264 e. The smallest absolute Gasteiger partial charge is 0.264 e. The Bertz CT molecular complexity index is 709. The number of aryl methyl sites for hydroxylation is 1. The zero-order valence-corrected chi connectivity index (χ0v) is 14.1. The molecule has 1 atom stereocenters. The third kappa shape index (κ3) is 2.76. The lowest BCUT2D eigenvalue weighted by molar-refractivity contribution is -0.132. The number of carbonyl (C=O) groups excluding carboxylic acids is 2. The summed E-state index contributed by atoms with van der Waals surface area (Å²) in [7, 11) is 1.62. The van der Waals surface area contributed by atoms with Gasteiger partial charge >= 0.3 is 0 Å². The quantitative estimate of drug-likeness (QED) is 0.929. The average Bonchev–Trinajstić information content (AvgIpc) is 3.25. The molecule has 0 aromatic carbocycles. The molecule has 1 aliphatic heterocycles. The third-order valence-corrected chi connectivity index (χ3v) is 5.33. The van der Waals surface area contributed by atoms with Crippen LogP contribution in [-0.4, -0.2) is 46.6 Å². The molecule has 122 valence electrons. The Labute approximate surface area is 139 Å². The van der Waals surface area contributed by atoms with Crippen molar-refractivity contribution in [3.8, 4) is 0 Å². The second-order valence-corrected chi connectivity index (χ2v) is 6.79. The minimum Gasteiger partial charge on any atom is -0.357 e. The van der Waals surface area contributed by atoms with Gasteiger partial charge in [0.15, 0.2) is 5.54 Å². The zero-order valence-electron chi connectivity index (χ0n) is 13.3. The van der Waals surface area contributed by atoms with Crippen LogP contribution < -0.4 is 5.32 Å². The molecule has 7 heteroatoms. The summed E-state index contributed by atoms with van der Waals surface area (Å²) in [5.41, 5.74) is 0.248. The number of piperidine rings is 1. The van der Waals surface area contributed by atoms with Gasteiger partial charge in [-0.2, -0.15) is 5.10 Å². The van der Waals surface area contributed by atoms with Crippen LogP contribution in [0.1, 0.15) is 28.1 Å². The van der Waals surface area contributed by atoms with Crippen LogP contribution in [0.5, 0.6) is 0 Å². The molecule has 1 N–H and O–H groups in total. The van der Waals surface area contributed by atoms with Gasteiger partial charge in [0.05, 0.1) is 11.4 Å². The first-order valence-corrected chi connectivity index (χ1v) is 8.51. The molecule has 2 aromatic rings. The highest BCUT2D eigenvalue weighted by atomic mass is 32.1. The van der Waals surface area contributed by atoms with E-state index in [1.807, 2.05) is 18.4 Å². The van der Waals surface area contributed by atoms with Crippen molar-refractivity contribution in [1.29, 1.82) is 0 Å². The lowest BCUT2D eigenvalue weighted by Crippen LogP contribution is -2.59. The van der Waals surface area contributed by atoms with Crippen LogP contribution in [-0.2, 0) is 10.3 Å². The van der Waals surface area contributed by atoms with E-state index >= 15 is 0 Å². The number of amides is 2. The van der Waals surface area contributed by atoms with Crippen LogP contribution in [0.25, 0.3) is 0 Å². The highest BCUT2D eigenvalue weighted by Gasteiger charge is 2.45. The highest BCUT2D eigenvalue weighted by Crippen LogP contribution is 2.30. The molecular weight excluding hydrogens is 312 g/mol. The molecule has 1 unspecified atom stereocenters. The topological polar surface area (TPSA) is 67.2 Å². The molecule has 1 saturated heterocycles. The number of hydrogen-bond donors (Lipinski definition) is 1. The fraction of sp³-hybridized carbons (Fsp3) is 0.438. The van der Waals surface area contributed by atoms with Crippen LogP contribution in [0, 0.1) is 6.92 Å². The van der Waals surface area contributed by atoms with Gasteiger partial charge in [0.1, 0.15) is 0 Å². The van der Waals surface area contributed by atoms with Crippen molar-refractivity contribution in [1.82, 2.24) is 20.0 Å². The number of aromatic nitrogens is 2. The molecule has 0 radical (unpaired) electrons. The lowest BCUT2D eigenvalue weighted by Gasteiger charge is -2.41. The fourth-order valence-corrected chi connectivity index (χ4v) is 4.00. The van der Waals surface area contributed by atoms with E-state index in [1.165, 1.54) is 11.3 Å². The number of likely N-dealkylation sites (tertiary alicyclic amines) is 1. The Morgan fingerprint density at radius 3 is 2.87 bits per heavy atom. The Morgan fingerprint density at radius 1 is 1.43 bits per heavy atom. The molecule has 0 saturated carbocycles. The maximum atomic E-state index is 12.8. The molecule has 6 nitrogen and oxygen atoms in total. The monoisotopic (exact) mass is 332 g/mol. The summed E-state index contributed by atoms with van der Waals surface area (Å²) in [4.78, 5) is 27.8. The van der Waals surface area contributed by atoms with Gasteiger partial charge in [0.25, 0.3) is 5.91 Å². The highest BCUT2D eigenvalue weighted by molar-refractivity contribution is 7.12. The SMILES string of the molecule is CNC(=O)C1(n2cccn2)CCCN(C(=O)c2cc(C)cs2)C1. The molecule has 23 heavy (non-hydrogen) atoms. The summed E-state index contributed by atoms with van der Waals surface area (Å²) >= 11 is 1.45. The summed E-state index contributed by atoms with van der Waals surface area (Å²) in [6.45, 7) is 2.97. The number of carbonyl (C=O) groups is 2. The van der Waals surface area contributed by atoms with E-state index in [2.05, 4.69) is 10.4 Å². The first-order valence-electron chi connectivity index (χ1n) is 7.63. The van der Waals surface area contributed by atoms with Crippen molar-refractivity contribution in [2.24, 2.45) is 0 Å². The van der Waals surface area contributed by atoms with E-state index in [0.29, 0.717) is 19.5 Å². The van der Waals surface area contributed by atoms with Crippen LogP contribution >= 0.6 is 11.3 Å². The van der Waals surface area contributed by atoms with Gasteiger partial charge in [-0.25, -0.2) is 0 Å². The second-order valence-electron chi connectivity index (χ2n) is 5.88. The van der Waals surface area contributed by atoms with Crippen LogP contribution in [0.15, 0.2) is 29.9 Å². The number of nitrogens with zero attached hydrogens (tertiary/aromatic N) is 3. The van der Waals surface area contributed by atoms with E-state index in [9.17, 15) is 9.59 Å². The Morgan fingerprint density at radius 2 is 2.26 bits per heavy atom. The van der Waals surface area contributed by atoms with Crippen molar-refractivity contribution in [3.63, 3.8) is 0 Å². The summed E-state index contributed by atoms with van der Waals surface area (Å²) in [6.07, 6.45) is 4.89. The lowest BCUT2D eigenvalue weighted by atomic mass is 9.88. The van der Waals surface area contributed by atoms with Gasteiger partial charge < -0.3 is 10.2 Å². The molecule has 2 aromatic heterocycles. The van der Waals surface area contributed by atoms with Crippen molar-refractivity contribution in [3.05, 3.63) is 40.3 Å². The first kappa shape index (κ1) is 15.7. The minimum absolute atomic E-state index is 0.0109. The van der Waals surface area contributed by atoms with Crippen molar-refractivity contribution < 1.29 is 9.59 Å². The van der Waals surface area contributed by atoms with Gasteiger partial charge in [-0.3, -0.25) is 14.3 Å². The number of rotatable bonds is 3.